The standard InChI is InChI=1S/C17H28N2O/c1-3-4-10-18-11-12-19(15(2)13-18)14-17(20)16-8-6-5-7-9-16/h5-9,15,17,20H,3-4,10-14H2,1-2H3/t15-,17+/m0/s1. The average molecular weight is 276 g/mol. The second kappa shape index (κ2) is 7.77. The Morgan fingerprint density at radius 1 is 1.25 bits per heavy atom. The van der Waals surface area contributed by atoms with Crippen LogP contribution in [0.5, 0.6) is 0 Å². The van der Waals surface area contributed by atoms with Crippen molar-refractivity contribution in [1.82, 2.24) is 9.80 Å². The minimum Gasteiger partial charge on any atom is -0.387 e. The lowest BCUT2D eigenvalue weighted by Crippen LogP contribution is -2.52. The number of rotatable bonds is 6. The fourth-order valence-electron chi connectivity index (χ4n) is 2.93. The van der Waals surface area contributed by atoms with Crippen LogP contribution in [0.15, 0.2) is 30.3 Å². The van der Waals surface area contributed by atoms with Crippen LogP contribution in [-0.4, -0.2) is 53.7 Å². The van der Waals surface area contributed by atoms with Crippen molar-refractivity contribution >= 4 is 0 Å². The summed E-state index contributed by atoms with van der Waals surface area (Å²) in [6, 6.07) is 10.5. The first-order valence-electron chi connectivity index (χ1n) is 7.90. The molecule has 3 heteroatoms. The molecule has 1 aromatic rings. The summed E-state index contributed by atoms with van der Waals surface area (Å²) >= 11 is 0. The van der Waals surface area contributed by atoms with E-state index in [1.54, 1.807) is 0 Å². The molecule has 112 valence electrons. The Kier molecular flexibility index (Phi) is 6.02. The summed E-state index contributed by atoms with van der Waals surface area (Å²) in [5, 5.41) is 10.3. The van der Waals surface area contributed by atoms with Crippen molar-refractivity contribution in [3.05, 3.63) is 35.9 Å². The number of hydrogen-bond donors (Lipinski definition) is 1. The molecule has 0 bridgehead atoms. The van der Waals surface area contributed by atoms with Crippen LogP contribution in [0, 0.1) is 0 Å². The Labute approximate surface area is 123 Å². The summed E-state index contributed by atoms with van der Waals surface area (Å²) in [4.78, 5) is 4.97. The number of unbranched alkanes of at least 4 members (excludes halogenated alkanes) is 1. The van der Waals surface area contributed by atoms with E-state index in [4.69, 9.17) is 0 Å². The highest BCUT2D eigenvalue weighted by Gasteiger charge is 2.25. The van der Waals surface area contributed by atoms with Gasteiger partial charge in [0.05, 0.1) is 6.10 Å². The molecular formula is C17H28N2O. The maximum absolute atomic E-state index is 10.3. The van der Waals surface area contributed by atoms with Crippen LogP contribution in [0.25, 0.3) is 0 Å². The van der Waals surface area contributed by atoms with Crippen molar-refractivity contribution in [3.8, 4) is 0 Å². The summed E-state index contributed by atoms with van der Waals surface area (Å²) in [5.41, 5.74) is 1.02. The van der Waals surface area contributed by atoms with E-state index >= 15 is 0 Å². The van der Waals surface area contributed by atoms with Crippen molar-refractivity contribution < 1.29 is 5.11 Å². The van der Waals surface area contributed by atoms with E-state index in [-0.39, 0.29) is 6.10 Å². The minimum absolute atomic E-state index is 0.374. The largest absolute Gasteiger partial charge is 0.387 e. The number of aliphatic hydroxyl groups is 1. The maximum Gasteiger partial charge on any atom is 0.0917 e. The lowest BCUT2D eigenvalue weighted by atomic mass is 10.1. The first-order chi connectivity index (χ1) is 9.70. The molecule has 1 N–H and O–H groups in total. The Bertz CT molecular complexity index is 382. The minimum atomic E-state index is -0.374. The van der Waals surface area contributed by atoms with Gasteiger partial charge in [-0.2, -0.15) is 0 Å². The van der Waals surface area contributed by atoms with Gasteiger partial charge in [-0.25, -0.2) is 0 Å². The van der Waals surface area contributed by atoms with Crippen molar-refractivity contribution in [2.24, 2.45) is 0 Å². The van der Waals surface area contributed by atoms with Gasteiger partial charge >= 0.3 is 0 Å². The third-order valence-electron chi connectivity index (χ3n) is 4.27. The molecule has 0 aromatic heterocycles. The van der Waals surface area contributed by atoms with Gasteiger partial charge in [0.15, 0.2) is 0 Å². The molecule has 2 atom stereocenters. The Morgan fingerprint density at radius 2 is 2.00 bits per heavy atom. The molecule has 1 aliphatic heterocycles. The fourth-order valence-corrected chi connectivity index (χ4v) is 2.93. The smallest absolute Gasteiger partial charge is 0.0917 e. The molecule has 2 rings (SSSR count). The Balaban J connectivity index is 1.82. The topological polar surface area (TPSA) is 26.7 Å². The third-order valence-corrected chi connectivity index (χ3v) is 4.27. The van der Waals surface area contributed by atoms with E-state index < -0.39 is 0 Å². The number of aliphatic hydroxyl groups excluding tert-OH is 1. The highest BCUT2D eigenvalue weighted by Crippen LogP contribution is 2.17. The molecule has 0 saturated carbocycles. The molecule has 0 radical (unpaired) electrons. The zero-order valence-corrected chi connectivity index (χ0v) is 12.8. The molecule has 1 aromatic carbocycles. The molecule has 0 unspecified atom stereocenters. The molecule has 0 amide bonds. The van der Waals surface area contributed by atoms with Crippen LogP contribution in [0.3, 0.4) is 0 Å². The summed E-state index contributed by atoms with van der Waals surface area (Å²) < 4.78 is 0. The molecule has 1 aliphatic rings. The average Bonchev–Trinajstić information content (AvgIpc) is 2.48. The van der Waals surface area contributed by atoms with Gasteiger partial charge in [-0.3, -0.25) is 4.90 Å². The first kappa shape index (κ1) is 15.5. The Hall–Kier alpha value is -0.900. The molecule has 1 heterocycles. The van der Waals surface area contributed by atoms with Gasteiger partial charge in [0, 0.05) is 32.2 Å². The lowest BCUT2D eigenvalue weighted by molar-refractivity contribution is 0.0385. The molecule has 3 nitrogen and oxygen atoms in total. The number of hydrogen-bond acceptors (Lipinski definition) is 3. The fraction of sp³-hybridized carbons (Fsp3) is 0.647. The molecule has 0 spiro atoms. The zero-order valence-electron chi connectivity index (χ0n) is 12.8. The van der Waals surface area contributed by atoms with E-state index in [0.29, 0.717) is 6.04 Å². The van der Waals surface area contributed by atoms with Crippen LogP contribution < -0.4 is 0 Å². The number of β-amino-alcohol motifs (C(OH)–C–C–N with tert-alkyl or cyclic N) is 1. The predicted molar refractivity (Wildman–Crippen MR) is 83.8 cm³/mol. The van der Waals surface area contributed by atoms with Gasteiger partial charge in [-0.05, 0) is 25.5 Å². The zero-order chi connectivity index (χ0) is 14.4. The quantitative estimate of drug-likeness (QED) is 0.865. The van der Waals surface area contributed by atoms with Gasteiger partial charge in [0.1, 0.15) is 0 Å². The Morgan fingerprint density at radius 3 is 2.65 bits per heavy atom. The second-order valence-electron chi connectivity index (χ2n) is 5.92. The van der Waals surface area contributed by atoms with Crippen molar-refractivity contribution in [3.63, 3.8) is 0 Å². The van der Waals surface area contributed by atoms with Crippen molar-refractivity contribution in [1.29, 1.82) is 0 Å². The van der Waals surface area contributed by atoms with E-state index in [1.807, 2.05) is 30.3 Å². The van der Waals surface area contributed by atoms with Crippen molar-refractivity contribution in [2.45, 2.75) is 38.8 Å². The predicted octanol–water partition coefficient (Wildman–Crippen LogP) is 2.53. The molecular weight excluding hydrogens is 248 g/mol. The molecule has 20 heavy (non-hydrogen) atoms. The molecule has 1 saturated heterocycles. The second-order valence-corrected chi connectivity index (χ2v) is 5.92. The van der Waals surface area contributed by atoms with Crippen LogP contribution >= 0.6 is 0 Å². The van der Waals surface area contributed by atoms with Gasteiger partial charge in [0.2, 0.25) is 0 Å². The van der Waals surface area contributed by atoms with E-state index in [1.165, 1.54) is 19.4 Å². The van der Waals surface area contributed by atoms with E-state index in [2.05, 4.69) is 23.6 Å². The van der Waals surface area contributed by atoms with Crippen molar-refractivity contribution in [2.75, 3.05) is 32.7 Å². The number of benzene rings is 1. The van der Waals surface area contributed by atoms with E-state index in [9.17, 15) is 5.11 Å². The summed E-state index contributed by atoms with van der Waals surface area (Å²) in [5.74, 6) is 0. The van der Waals surface area contributed by atoms with Gasteiger partial charge in [0.25, 0.3) is 0 Å². The van der Waals surface area contributed by atoms with E-state index in [0.717, 1.165) is 31.7 Å². The summed E-state index contributed by atoms with van der Waals surface area (Å²) in [6.07, 6.45) is 2.18. The number of piperazine rings is 1. The van der Waals surface area contributed by atoms with Crippen LogP contribution in [0.1, 0.15) is 38.4 Å². The SMILES string of the molecule is CCCCN1CCN(C[C@@H](O)c2ccccc2)[C@@H](C)C1. The lowest BCUT2D eigenvalue weighted by Gasteiger charge is -2.40. The molecule has 0 aliphatic carbocycles. The molecule has 1 fully saturated rings. The van der Waals surface area contributed by atoms with Gasteiger partial charge < -0.3 is 10.0 Å². The summed E-state index contributed by atoms with van der Waals surface area (Å²) in [7, 11) is 0. The number of nitrogens with zero attached hydrogens (tertiary/aromatic N) is 2. The van der Waals surface area contributed by atoms with Crippen LogP contribution in [0.2, 0.25) is 0 Å². The highest BCUT2D eigenvalue weighted by molar-refractivity contribution is 5.17. The first-order valence-corrected chi connectivity index (χ1v) is 7.90. The third kappa shape index (κ3) is 4.30. The summed E-state index contributed by atoms with van der Waals surface area (Å²) in [6.45, 7) is 9.80. The van der Waals surface area contributed by atoms with Gasteiger partial charge in [-0.15, -0.1) is 0 Å². The van der Waals surface area contributed by atoms with Gasteiger partial charge in [-0.1, -0.05) is 43.7 Å². The maximum atomic E-state index is 10.3. The normalized spacial score (nSPS) is 22.9. The van der Waals surface area contributed by atoms with Crippen LogP contribution in [-0.2, 0) is 0 Å². The monoisotopic (exact) mass is 276 g/mol. The highest BCUT2D eigenvalue weighted by atomic mass is 16.3. The van der Waals surface area contributed by atoms with Crippen LogP contribution in [0.4, 0.5) is 0 Å².